The average molecular weight is 296 g/mol. The van der Waals surface area contributed by atoms with Crippen LogP contribution in [0.1, 0.15) is 63.3 Å². The molecule has 1 N–H and O–H groups in total. The van der Waals surface area contributed by atoms with Crippen LogP contribution >= 0.6 is 0 Å². The van der Waals surface area contributed by atoms with Crippen LogP contribution in [0.25, 0.3) is 0 Å². The molecular weight excluding hydrogens is 272 g/mol. The van der Waals surface area contributed by atoms with Crippen molar-refractivity contribution in [1.82, 2.24) is 20.3 Å². The fourth-order valence-corrected chi connectivity index (χ4v) is 1.85. The number of amides is 1. The summed E-state index contributed by atoms with van der Waals surface area (Å²) in [5.41, 5.74) is 0.469. The highest BCUT2D eigenvalue weighted by Gasteiger charge is 2.27. The highest BCUT2D eigenvalue weighted by atomic mass is 16.5. The van der Waals surface area contributed by atoms with Crippen molar-refractivity contribution in [3.05, 3.63) is 11.4 Å². The summed E-state index contributed by atoms with van der Waals surface area (Å²) in [6.07, 6.45) is 1.35. The Kier molecular flexibility index (Phi) is 5.46. The van der Waals surface area contributed by atoms with Crippen molar-refractivity contribution in [2.45, 2.75) is 59.0 Å². The molecule has 0 saturated carbocycles. The molecule has 1 unspecified atom stereocenters. The summed E-state index contributed by atoms with van der Waals surface area (Å²) in [6.45, 7) is 9.53. The number of rotatable bonds is 6. The van der Waals surface area contributed by atoms with Crippen molar-refractivity contribution in [3.8, 4) is 0 Å². The molecule has 0 aliphatic heterocycles. The molecular formula is C14H24N4O3. The van der Waals surface area contributed by atoms with E-state index in [4.69, 9.17) is 0 Å². The molecule has 0 spiro atoms. The first-order valence-electron chi connectivity index (χ1n) is 7.11. The number of ether oxygens (including phenoxy) is 1. The zero-order valence-electron chi connectivity index (χ0n) is 13.6. The summed E-state index contributed by atoms with van der Waals surface area (Å²) in [6, 6.07) is -0.545. The van der Waals surface area contributed by atoms with Gasteiger partial charge in [0.05, 0.1) is 12.8 Å². The molecule has 1 rings (SSSR count). The highest BCUT2D eigenvalue weighted by molar-refractivity contribution is 5.88. The molecule has 0 fully saturated rings. The molecule has 7 nitrogen and oxygen atoms in total. The van der Waals surface area contributed by atoms with Gasteiger partial charge in [0.25, 0.3) is 0 Å². The van der Waals surface area contributed by atoms with Crippen LogP contribution in [0.4, 0.5) is 0 Å². The maximum Gasteiger partial charge on any atom is 0.360 e. The quantitative estimate of drug-likeness (QED) is 0.804. The molecule has 0 saturated heterocycles. The van der Waals surface area contributed by atoms with Gasteiger partial charge in [0.2, 0.25) is 5.91 Å². The molecule has 21 heavy (non-hydrogen) atoms. The number of hydrogen-bond acceptors (Lipinski definition) is 5. The Morgan fingerprint density at radius 3 is 2.48 bits per heavy atom. The first kappa shape index (κ1) is 17.1. The Morgan fingerprint density at radius 2 is 2.00 bits per heavy atom. The number of hydrogen-bond donors (Lipinski definition) is 1. The molecule has 0 radical (unpaired) electrons. The monoisotopic (exact) mass is 296 g/mol. The van der Waals surface area contributed by atoms with E-state index in [2.05, 4.69) is 20.4 Å². The third kappa shape index (κ3) is 3.80. The molecule has 1 atom stereocenters. The van der Waals surface area contributed by atoms with Gasteiger partial charge < -0.3 is 10.1 Å². The number of nitrogens with one attached hydrogen (secondary N) is 1. The third-order valence-electron chi connectivity index (χ3n) is 3.60. The normalized spacial score (nSPS) is 12.9. The number of nitrogens with zero attached hydrogens (tertiary/aromatic N) is 3. The van der Waals surface area contributed by atoms with Gasteiger partial charge in [-0.05, 0) is 33.6 Å². The maximum atomic E-state index is 12.3. The molecule has 1 amide bonds. The molecule has 0 bridgehead atoms. The molecule has 118 valence electrons. The van der Waals surface area contributed by atoms with Gasteiger partial charge in [-0.1, -0.05) is 19.1 Å². The van der Waals surface area contributed by atoms with E-state index in [1.54, 1.807) is 6.92 Å². The van der Waals surface area contributed by atoms with E-state index in [1.165, 1.54) is 11.8 Å². The van der Waals surface area contributed by atoms with Crippen LogP contribution in [0.2, 0.25) is 0 Å². The van der Waals surface area contributed by atoms with Crippen molar-refractivity contribution in [1.29, 1.82) is 0 Å². The number of carbonyl (C=O) groups excluding carboxylic acids is 2. The molecule has 7 heteroatoms. The lowest BCUT2D eigenvalue weighted by atomic mass is 10.0. The first-order valence-corrected chi connectivity index (χ1v) is 7.11. The maximum absolute atomic E-state index is 12.3. The smallest absolute Gasteiger partial charge is 0.360 e. The fourth-order valence-electron chi connectivity index (χ4n) is 1.85. The Hall–Kier alpha value is -1.92. The van der Waals surface area contributed by atoms with Crippen molar-refractivity contribution in [3.63, 3.8) is 0 Å². The minimum atomic E-state index is -0.545. The van der Waals surface area contributed by atoms with E-state index < -0.39 is 12.0 Å². The van der Waals surface area contributed by atoms with Crippen LogP contribution in [0.3, 0.4) is 0 Å². The van der Waals surface area contributed by atoms with E-state index in [1.807, 2.05) is 27.7 Å². The largest absolute Gasteiger partial charge is 0.464 e. The minimum Gasteiger partial charge on any atom is -0.464 e. The predicted molar refractivity (Wildman–Crippen MR) is 78.0 cm³/mol. The van der Waals surface area contributed by atoms with Gasteiger partial charge in [0.1, 0.15) is 6.04 Å². The lowest BCUT2D eigenvalue weighted by Crippen LogP contribution is -2.45. The van der Waals surface area contributed by atoms with Gasteiger partial charge in [-0.25, -0.2) is 9.48 Å². The van der Waals surface area contributed by atoms with Crippen molar-refractivity contribution in [2.24, 2.45) is 0 Å². The Morgan fingerprint density at radius 1 is 1.38 bits per heavy atom. The molecule has 1 heterocycles. The molecule has 0 aromatic carbocycles. The SMILES string of the molecule is CCc1c(C(=O)OC)nnn1C(C)C(=O)NC(C)(C)CC. The topological polar surface area (TPSA) is 86.1 Å². The molecule has 0 aliphatic rings. The van der Waals surface area contributed by atoms with Crippen LogP contribution < -0.4 is 5.32 Å². The van der Waals surface area contributed by atoms with Crippen LogP contribution in [-0.2, 0) is 16.0 Å². The molecule has 0 aliphatic carbocycles. The number of methoxy groups -OCH3 is 1. The van der Waals surface area contributed by atoms with Gasteiger partial charge in [-0.3, -0.25) is 4.79 Å². The Labute approximate surface area is 125 Å². The van der Waals surface area contributed by atoms with Crippen molar-refractivity contribution < 1.29 is 14.3 Å². The van der Waals surface area contributed by atoms with Gasteiger partial charge in [-0.15, -0.1) is 5.10 Å². The lowest BCUT2D eigenvalue weighted by Gasteiger charge is -2.26. The second-order valence-corrected chi connectivity index (χ2v) is 5.58. The van der Waals surface area contributed by atoms with Gasteiger partial charge in [0.15, 0.2) is 5.69 Å². The summed E-state index contributed by atoms with van der Waals surface area (Å²) in [5, 5.41) is 10.7. The third-order valence-corrected chi connectivity index (χ3v) is 3.60. The van der Waals surface area contributed by atoms with Gasteiger partial charge in [-0.2, -0.15) is 0 Å². The van der Waals surface area contributed by atoms with Crippen molar-refractivity contribution in [2.75, 3.05) is 7.11 Å². The van der Waals surface area contributed by atoms with E-state index >= 15 is 0 Å². The second kappa shape index (κ2) is 6.69. The van der Waals surface area contributed by atoms with Crippen molar-refractivity contribution >= 4 is 11.9 Å². The second-order valence-electron chi connectivity index (χ2n) is 5.58. The van der Waals surface area contributed by atoms with E-state index in [0.717, 1.165) is 6.42 Å². The highest BCUT2D eigenvalue weighted by Crippen LogP contribution is 2.16. The van der Waals surface area contributed by atoms with Crippen LogP contribution in [0.5, 0.6) is 0 Å². The Bertz CT molecular complexity index is 522. The zero-order valence-corrected chi connectivity index (χ0v) is 13.6. The number of esters is 1. The minimum absolute atomic E-state index is 0.155. The summed E-state index contributed by atoms with van der Waals surface area (Å²) in [7, 11) is 1.29. The summed E-state index contributed by atoms with van der Waals surface area (Å²) in [4.78, 5) is 24.0. The van der Waals surface area contributed by atoms with Gasteiger partial charge in [0, 0.05) is 5.54 Å². The predicted octanol–water partition coefficient (Wildman–Crippen LogP) is 1.49. The first-order chi connectivity index (χ1) is 9.77. The zero-order chi connectivity index (χ0) is 16.2. The van der Waals surface area contributed by atoms with E-state index in [-0.39, 0.29) is 17.1 Å². The lowest BCUT2D eigenvalue weighted by molar-refractivity contribution is -0.125. The average Bonchev–Trinajstić information content (AvgIpc) is 2.88. The molecule has 1 aromatic heterocycles. The van der Waals surface area contributed by atoms with Crippen LogP contribution in [-0.4, -0.2) is 39.5 Å². The molecule has 1 aromatic rings. The fraction of sp³-hybridized carbons (Fsp3) is 0.714. The van der Waals surface area contributed by atoms with Crippen LogP contribution in [0.15, 0.2) is 0 Å². The summed E-state index contributed by atoms with van der Waals surface area (Å²) < 4.78 is 6.15. The Balaban J connectivity index is 3.02. The summed E-state index contributed by atoms with van der Waals surface area (Å²) >= 11 is 0. The van der Waals surface area contributed by atoms with E-state index in [9.17, 15) is 9.59 Å². The van der Waals surface area contributed by atoms with Crippen LogP contribution in [0, 0.1) is 0 Å². The van der Waals surface area contributed by atoms with E-state index in [0.29, 0.717) is 12.1 Å². The van der Waals surface area contributed by atoms with Gasteiger partial charge >= 0.3 is 5.97 Å². The standard InChI is InChI=1S/C14H24N4O3/c1-7-10-11(13(20)21-6)16-17-18(10)9(3)12(19)15-14(4,5)8-2/h9H,7-8H2,1-6H3,(H,15,19). The number of carbonyl (C=O) groups is 2. The number of aromatic nitrogens is 3. The summed E-state index contributed by atoms with van der Waals surface area (Å²) in [5.74, 6) is -0.697.